The summed E-state index contributed by atoms with van der Waals surface area (Å²) in [4.78, 5) is 0. The number of halogens is 3. The molecular formula is C14H25F3O3S. The molecule has 0 spiro atoms. The molecule has 0 rings (SSSR count). The molecule has 0 radical (unpaired) electrons. The van der Waals surface area contributed by atoms with Gasteiger partial charge in [-0.25, -0.2) is 8.78 Å². The summed E-state index contributed by atoms with van der Waals surface area (Å²) in [5.41, 5.74) is 0. The van der Waals surface area contributed by atoms with Gasteiger partial charge in [-0.1, -0.05) is 38.2 Å². The molecule has 0 saturated heterocycles. The molecule has 21 heavy (non-hydrogen) atoms. The zero-order chi connectivity index (χ0) is 16.1. The topological polar surface area (TPSA) is 43.4 Å². The van der Waals surface area contributed by atoms with E-state index in [1.165, 1.54) is 6.08 Å². The molecule has 0 bridgehead atoms. The first kappa shape index (κ1) is 20.4. The van der Waals surface area contributed by atoms with E-state index in [9.17, 15) is 21.6 Å². The normalized spacial score (nSPS) is 14.8. The van der Waals surface area contributed by atoms with Crippen LogP contribution < -0.4 is 0 Å². The van der Waals surface area contributed by atoms with E-state index < -0.39 is 28.2 Å². The molecule has 2 atom stereocenters. The van der Waals surface area contributed by atoms with E-state index in [1.807, 2.05) is 0 Å². The monoisotopic (exact) mass is 330 g/mol. The molecule has 3 nitrogen and oxygen atoms in total. The van der Waals surface area contributed by atoms with Crippen LogP contribution in [-0.2, 0) is 14.3 Å². The lowest BCUT2D eigenvalue weighted by Crippen LogP contribution is -2.27. The van der Waals surface area contributed by atoms with Gasteiger partial charge < -0.3 is 0 Å². The van der Waals surface area contributed by atoms with Gasteiger partial charge in [0.05, 0.1) is 13.3 Å². The minimum absolute atomic E-state index is 0.0126. The summed E-state index contributed by atoms with van der Waals surface area (Å²) in [7, 11) is -4.06. The van der Waals surface area contributed by atoms with E-state index in [-0.39, 0.29) is 19.7 Å². The molecule has 0 aliphatic heterocycles. The second-order valence-corrected chi connectivity index (χ2v) is 6.61. The van der Waals surface area contributed by atoms with Crippen molar-refractivity contribution in [2.24, 2.45) is 0 Å². The molecule has 0 amide bonds. The van der Waals surface area contributed by atoms with E-state index in [2.05, 4.69) is 10.8 Å². The van der Waals surface area contributed by atoms with Crippen molar-refractivity contribution in [2.45, 2.75) is 57.3 Å². The summed E-state index contributed by atoms with van der Waals surface area (Å²) < 4.78 is 65.8. The van der Waals surface area contributed by atoms with Gasteiger partial charge in [-0.3, -0.25) is 8.57 Å². The first-order valence-electron chi connectivity index (χ1n) is 7.25. The van der Waals surface area contributed by atoms with Gasteiger partial charge in [0.15, 0.2) is 0 Å². The van der Waals surface area contributed by atoms with Gasteiger partial charge in [-0.15, -0.1) is 6.58 Å². The Hall–Kier alpha value is -0.560. The van der Waals surface area contributed by atoms with Crippen LogP contribution in [0.2, 0.25) is 0 Å². The fourth-order valence-electron chi connectivity index (χ4n) is 1.82. The number of hydrogen-bond acceptors (Lipinski definition) is 3. The minimum Gasteiger partial charge on any atom is -0.266 e. The summed E-state index contributed by atoms with van der Waals surface area (Å²) in [5.74, 6) is -0.974. The molecule has 0 N–H and O–H groups in total. The Labute approximate surface area is 125 Å². The summed E-state index contributed by atoms with van der Waals surface area (Å²) in [6, 6.07) is 0. The van der Waals surface area contributed by atoms with E-state index >= 15 is 0 Å². The number of unbranched alkanes of at least 4 members (excludes halogenated alkanes) is 5. The predicted molar refractivity (Wildman–Crippen MR) is 78.0 cm³/mol. The lowest BCUT2D eigenvalue weighted by molar-refractivity contribution is 0.168. The zero-order valence-corrected chi connectivity index (χ0v) is 13.1. The maximum absolute atomic E-state index is 13.5. The highest BCUT2D eigenvalue weighted by Gasteiger charge is 2.26. The Kier molecular flexibility index (Phi) is 11.7. The van der Waals surface area contributed by atoms with Crippen molar-refractivity contribution >= 4 is 10.1 Å². The summed E-state index contributed by atoms with van der Waals surface area (Å²) >= 11 is 0. The van der Waals surface area contributed by atoms with Crippen LogP contribution in [0.25, 0.3) is 0 Å². The second-order valence-electron chi connectivity index (χ2n) is 4.93. The van der Waals surface area contributed by atoms with Gasteiger partial charge >= 0.3 is 0 Å². The largest absolute Gasteiger partial charge is 0.270 e. The van der Waals surface area contributed by atoms with E-state index in [0.717, 1.165) is 25.7 Å². The maximum atomic E-state index is 13.5. The van der Waals surface area contributed by atoms with Crippen LogP contribution >= 0.6 is 0 Å². The van der Waals surface area contributed by atoms with Gasteiger partial charge in [0, 0.05) is 0 Å². The molecule has 0 aromatic carbocycles. The maximum Gasteiger partial charge on any atom is 0.270 e. The Morgan fingerprint density at radius 2 is 1.57 bits per heavy atom. The van der Waals surface area contributed by atoms with Crippen molar-refractivity contribution in [1.82, 2.24) is 0 Å². The fourth-order valence-corrected chi connectivity index (χ4v) is 2.82. The summed E-state index contributed by atoms with van der Waals surface area (Å²) in [6.07, 6.45) is 1.63. The van der Waals surface area contributed by atoms with Gasteiger partial charge in [0.1, 0.15) is 18.1 Å². The van der Waals surface area contributed by atoms with Crippen LogP contribution in [0.1, 0.15) is 44.9 Å². The second kappa shape index (κ2) is 12.0. The highest BCUT2D eigenvalue weighted by atomic mass is 32.2. The third-order valence-corrected chi connectivity index (χ3v) is 4.21. The van der Waals surface area contributed by atoms with Crippen LogP contribution in [-0.4, -0.2) is 39.8 Å². The molecule has 0 aliphatic rings. The van der Waals surface area contributed by atoms with Crippen molar-refractivity contribution in [1.29, 1.82) is 0 Å². The standard InChI is InChI=1S/C14H25F3O3S/c1-2-11-20-21(18,19)12-14(17)13(16)9-7-5-3-4-6-8-10-15/h2,13-14H,1,3-12H2. The molecule has 7 heteroatoms. The highest BCUT2D eigenvalue weighted by Crippen LogP contribution is 2.16. The predicted octanol–water partition coefficient (Wildman–Crippen LogP) is 3.90. The van der Waals surface area contributed by atoms with E-state index in [1.54, 1.807) is 0 Å². The lowest BCUT2D eigenvalue weighted by Gasteiger charge is -2.13. The fraction of sp³-hybridized carbons (Fsp3) is 0.857. The van der Waals surface area contributed by atoms with Crippen LogP contribution in [0, 0.1) is 0 Å². The average Bonchev–Trinajstić information content (AvgIpc) is 2.43. The molecule has 0 heterocycles. The molecule has 0 fully saturated rings. The summed E-state index contributed by atoms with van der Waals surface area (Å²) in [6.45, 7) is 2.71. The Morgan fingerprint density at radius 3 is 2.14 bits per heavy atom. The quantitative estimate of drug-likeness (QED) is 0.276. The molecule has 0 aromatic heterocycles. The van der Waals surface area contributed by atoms with Crippen molar-refractivity contribution in [3.8, 4) is 0 Å². The highest BCUT2D eigenvalue weighted by molar-refractivity contribution is 7.86. The molecular weight excluding hydrogens is 305 g/mol. The van der Waals surface area contributed by atoms with Crippen LogP contribution in [0.5, 0.6) is 0 Å². The Balaban J connectivity index is 3.79. The van der Waals surface area contributed by atoms with E-state index in [4.69, 9.17) is 0 Å². The van der Waals surface area contributed by atoms with Crippen molar-refractivity contribution in [3.05, 3.63) is 12.7 Å². The van der Waals surface area contributed by atoms with E-state index in [0.29, 0.717) is 12.8 Å². The number of rotatable bonds is 14. The molecule has 0 saturated carbocycles. The number of hydrogen-bond donors (Lipinski definition) is 0. The Bertz CT molecular complexity index is 360. The van der Waals surface area contributed by atoms with Crippen LogP contribution in [0.3, 0.4) is 0 Å². The minimum atomic E-state index is -4.06. The van der Waals surface area contributed by atoms with Crippen molar-refractivity contribution in [3.63, 3.8) is 0 Å². The average molecular weight is 330 g/mol. The smallest absolute Gasteiger partial charge is 0.266 e. The van der Waals surface area contributed by atoms with Gasteiger partial charge in [-0.05, 0) is 12.8 Å². The Morgan fingerprint density at radius 1 is 1.00 bits per heavy atom. The molecule has 0 aromatic rings. The van der Waals surface area contributed by atoms with Gasteiger partial charge in [-0.2, -0.15) is 8.42 Å². The first-order valence-corrected chi connectivity index (χ1v) is 8.82. The molecule has 126 valence electrons. The third-order valence-electron chi connectivity index (χ3n) is 2.98. The zero-order valence-electron chi connectivity index (χ0n) is 12.3. The van der Waals surface area contributed by atoms with Crippen LogP contribution in [0.15, 0.2) is 12.7 Å². The summed E-state index contributed by atoms with van der Waals surface area (Å²) in [5, 5.41) is 0. The molecule has 0 aliphatic carbocycles. The van der Waals surface area contributed by atoms with Gasteiger partial charge in [0.25, 0.3) is 10.1 Å². The number of alkyl halides is 3. The van der Waals surface area contributed by atoms with Gasteiger partial charge in [0.2, 0.25) is 0 Å². The first-order chi connectivity index (χ1) is 9.93. The lowest BCUT2D eigenvalue weighted by atomic mass is 10.1. The van der Waals surface area contributed by atoms with Crippen molar-refractivity contribution < 1.29 is 25.8 Å². The van der Waals surface area contributed by atoms with Crippen molar-refractivity contribution in [2.75, 3.05) is 19.0 Å². The third kappa shape index (κ3) is 11.7. The van der Waals surface area contributed by atoms with Crippen LogP contribution in [0.4, 0.5) is 13.2 Å². The SMILES string of the molecule is C=CCOS(=O)(=O)CC(F)C(F)CCCCCCCCF. The molecule has 2 unspecified atom stereocenters.